The van der Waals surface area contributed by atoms with Gasteiger partial charge in [0.05, 0.1) is 11.7 Å². The van der Waals surface area contributed by atoms with Crippen molar-refractivity contribution in [1.82, 2.24) is 0 Å². The number of fused-ring (bicyclic) bond motifs is 1. The summed E-state index contributed by atoms with van der Waals surface area (Å²) >= 11 is 0. The average molecular weight is 355 g/mol. The maximum atomic E-state index is 11.4. The van der Waals surface area contributed by atoms with Gasteiger partial charge in [-0.1, -0.05) is 27.7 Å². The minimum Gasteiger partial charge on any atom is -0.458 e. The summed E-state index contributed by atoms with van der Waals surface area (Å²) in [7, 11) is -1.81. The van der Waals surface area contributed by atoms with Crippen LogP contribution in [0.3, 0.4) is 0 Å². The van der Waals surface area contributed by atoms with E-state index in [1.54, 1.807) is 0 Å². The number of rotatable bonds is 6. The number of ether oxygens (including phenoxy) is 1. The van der Waals surface area contributed by atoms with E-state index in [0.717, 1.165) is 49.4 Å². The van der Waals surface area contributed by atoms with Crippen LogP contribution in [-0.4, -0.2) is 37.2 Å². The van der Waals surface area contributed by atoms with Gasteiger partial charge in [0.2, 0.25) is 0 Å². The van der Waals surface area contributed by atoms with Gasteiger partial charge in [-0.3, -0.25) is 4.79 Å². The van der Waals surface area contributed by atoms with E-state index >= 15 is 0 Å². The monoisotopic (exact) mass is 354 g/mol. The van der Waals surface area contributed by atoms with Gasteiger partial charge in [0.15, 0.2) is 8.32 Å². The molecule has 1 saturated carbocycles. The number of hydrogen-bond acceptors (Lipinski definition) is 4. The topological polar surface area (TPSA) is 55.8 Å². The molecule has 0 saturated heterocycles. The number of aliphatic hydroxyl groups excluding tert-OH is 1. The molecule has 5 heteroatoms. The van der Waals surface area contributed by atoms with Crippen molar-refractivity contribution in [2.75, 3.05) is 0 Å². The maximum Gasteiger partial charge on any atom is 0.303 e. The van der Waals surface area contributed by atoms with Gasteiger partial charge >= 0.3 is 5.97 Å². The van der Waals surface area contributed by atoms with Crippen molar-refractivity contribution >= 4 is 14.3 Å². The highest BCUT2D eigenvalue weighted by molar-refractivity contribution is 6.73. The Hall–Kier alpha value is -0.653. The summed E-state index contributed by atoms with van der Waals surface area (Å²) in [6.07, 6.45) is 4.67. The van der Waals surface area contributed by atoms with Gasteiger partial charge in [-0.2, -0.15) is 0 Å². The quantitative estimate of drug-likeness (QED) is 0.441. The highest BCUT2D eigenvalue weighted by atomic mass is 28.4. The predicted molar refractivity (Wildman–Crippen MR) is 98.3 cm³/mol. The van der Waals surface area contributed by atoms with Crippen LogP contribution in [0.1, 0.15) is 60.3 Å². The van der Waals surface area contributed by atoms with E-state index in [-0.39, 0.29) is 17.7 Å². The summed E-state index contributed by atoms with van der Waals surface area (Å²) in [6.45, 7) is 10.4. The Morgan fingerprint density at radius 2 is 1.88 bits per heavy atom. The average Bonchev–Trinajstić information content (AvgIpc) is 2.80. The number of aliphatic hydroxyl groups is 1. The van der Waals surface area contributed by atoms with E-state index in [1.807, 2.05) is 6.08 Å². The molecule has 138 valence electrons. The molecule has 0 amide bonds. The van der Waals surface area contributed by atoms with E-state index in [1.165, 1.54) is 6.92 Å². The molecule has 0 heterocycles. The molecule has 2 aliphatic rings. The molecule has 2 rings (SSSR count). The van der Waals surface area contributed by atoms with E-state index in [9.17, 15) is 9.90 Å². The van der Waals surface area contributed by atoms with Crippen molar-refractivity contribution in [1.29, 1.82) is 0 Å². The highest BCUT2D eigenvalue weighted by Gasteiger charge is 2.53. The zero-order valence-corrected chi connectivity index (χ0v) is 16.9. The molecule has 0 aromatic carbocycles. The standard InChI is InChI=1S/C19H34O4Si/c1-6-24(7-2,8-3)23-19-12-11-18(21)17(19)13-16(22-15(5)20)10-9-14(19)4/h13-14,16,18,21H,6-12H2,1-5H3/t14-,16+,18+,19-/m0/s1. The lowest BCUT2D eigenvalue weighted by molar-refractivity contribution is -0.144. The molecule has 24 heavy (non-hydrogen) atoms. The Balaban J connectivity index is 2.41. The zero-order valence-electron chi connectivity index (χ0n) is 15.9. The van der Waals surface area contributed by atoms with Gasteiger partial charge in [-0.15, -0.1) is 0 Å². The zero-order chi connectivity index (χ0) is 18.0. The molecule has 0 aromatic heterocycles. The molecular weight excluding hydrogens is 320 g/mol. The first-order chi connectivity index (χ1) is 11.3. The lowest BCUT2D eigenvalue weighted by Gasteiger charge is -2.44. The second-order valence-corrected chi connectivity index (χ2v) is 12.2. The molecule has 4 nitrogen and oxygen atoms in total. The molecule has 0 aromatic rings. The third-order valence-electron chi connectivity index (χ3n) is 6.33. The van der Waals surface area contributed by atoms with Crippen molar-refractivity contribution in [3.63, 3.8) is 0 Å². The van der Waals surface area contributed by atoms with Gasteiger partial charge in [0, 0.05) is 6.92 Å². The van der Waals surface area contributed by atoms with Crippen LogP contribution < -0.4 is 0 Å². The van der Waals surface area contributed by atoms with Gasteiger partial charge in [0.25, 0.3) is 0 Å². The Bertz CT molecular complexity index is 477. The maximum absolute atomic E-state index is 11.4. The lowest BCUT2D eigenvalue weighted by Crippen LogP contribution is -2.50. The van der Waals surface area contributed by atoms with Crippen LogP contribution in [0.4, 0.5) is 0 Å². The lowest BCUT2D eigenvalue weighted by atomic mass is 9.83. The van der Waals surface area contributed by atoms with Crippen LogP contribution in [0.5, 0.6) is 0 Å². The molecule has 0 radical (unpaired) electrons. The Kier molecular flexibility index (Phi) is 6.32. The van der Waals surface area contributed by atoms with Crippen LogP contribution >= 0.6 is 0 Å². The first-order valence-corrected chi connectivity index (χ1v) is 12.1. The molecule has 0 bridgehead atoms. The number of carbonyl (C=O) groups is 1. The number of carbonyl (C=O) groups excluding carboxylic acids is 1. The van der Waals surface area contributed by atoms with Crippen LogP contribution in [0.15, 0.2) is 11.6 Å². The third-order valence-corrected chi connectivity index (χ3v) is 11.0. The third kappa shape index (κ3) is 3.63. The molecule has 2 aliphatic carbocycles. The predicted octanol–water partition coefficient (Wildman–Crippen LogP) is 4.19. The summed E-state index contributed by atoms with van der Waals surface area (Å²) in [5.74, 6) is 0.0720. The molecule has 4 atom stereocenters. The van der Waals surface area contributed by atoms with Crippen molar-refractivity contribution in [2.24, 2.45) is 5.92 Å². The van der Waals surface area contributed by atoms with E-state index < -0.39 is 14.4 Å². The van der Waals surface area contributed by atoms with Crippen LogP contribution in [-0.2, 0) is 14.0 Å². The summed E-state index contributed by atoms with van der Waals surface area (Å²) in [5, 5.41) is 10.6. The second kappa shape index (κ2) is 7.71. The van der Waals surface area contributed by atoms with Crippen LogP contribution in [0, 0.1) is 5.92 Å². The van der Waals surface area contributed by atoms with Gasteiger partial charge in [-0.25, -0.2) is 0 Å². The largest absolute Gasteiger partial charge is 0.458 e. The summed E-state index contributed by atoms with van der Waals surface area (Å²) in [5.41, 5.74) is 0.619. The van der Waals surface area contributed by atoms with Crippen molar-refractivity contribution in [3.8, 4) is 0 Å². The van der Waals surface area contributed by atoms with Crippen LogP contribution in [0.2, 0.25) is 18.1 Å². The molecule has 0 spiro atoms. The minimum atomic E-state index is -1.81. The first-order valence-electron chi connectivity index (χ1n) is 9.60. The fourth-order valence-corrected chi connectivity index (χ4v) is 7.64. The molecular formula is C19H34O4Si. The molecule has 1 fully saturated rings. The number of esters is 1. The SMILES string of the molecule is CC[Si](CC)(CC)O[C@]12CC[C@@H](O)C1=C[C@H](OC(C)=O)CC[C@@H]2C. The summed E-state index contributed by atoms with van der Waals surface area (Å²) < 4.78 is 12.5. The number of hydrogen-bond donors (Lipinski definition) is 1. The second-order valence-electron chi connectivity index (χ2n) is 7.54. The van der Waals surface area contributed by atoms with Crippen molar-refractivity contribution in [2.45, 2.75) is 96.2 Å². The highest BCUT2D eigenvalue weighted by Crippen LogP contribution is 2.50. The summed E-state index contributed by atoms with van der Waals surface area (Å²) in [6, 6.07) is 3.31. The fourth-order valence-electron chi connectivity index (χ4n) is 4.52. The van der Waals surface area contributed by atoms with Crippen LogP contribution in [0.25, 0.3) is 0 Å². The smallest absolute Gasteiger partial charge is 0.303 e. The molecule has 1 N–H and O–H groups in total. The Morgan fingerprint density at radius 1 is 1.25 bits per heavy atom. The van der Waals surface area contributed by atoms with E-state index in [2.05, 4.69) is 27.7 Å². The van der Waals surface area contributed by atoms with Crippen molar-refractivity contribution in [3.05, 3.63) is 11.6 Å². The minimum absolute atomic E-state index is 0.237. The summed E-state index contributed by atoms with van der Waals surface area (Å²) in [4.78, 5) is 11.4. The first kappa shape index (κ1) is 19.7. The fraction of sp³-hybridized carbons (Fsp3) is 0.842. The Morgan fingerprint density at radius 3 is 2.42 bits per heavy atom. The van der Waals surface area contributed by atoms with Gasteiger partial charge < -0.3 is 14.3 Å². The van der Waals surface area contributed by atoms with E-state index in [0.29, 0.717) is 5.92 Å². The van der Waals surface area contributed by atoms with Crippen molar-refractivity contribution < 1.29 is 19.1 Å². The van der Waals surface area contributed by atoms with E-state index in [4.69, 9.17) is 9.16 Å². The molecule has 0 unspecified atom stereocenters. The Labute approximate surface area is 147 Å². The molecule has 0 aliphatic heterocycles. The van der Waals surface area contributed by atoms with Gasteiger partial charge in [-0.05, 0) is 61.4 Å². The van der Waals surface area contributed by atoms with Gasteiger partial charge in [0.1, 0.15) is 6.10 Å². The normalized spacial score (nSPS) is 33.6.